The Labute approximate surface area is 117 Å². The van der Waals surface area contributed by atoms with E-state index in [1.807, 2.05) is 24.3 Å². The first-order valence-corrected chi connectivity index (χ1v) is 6.35. The molecule has 0 fully saturated rings. The van der Waals surface area contributed by atoms with E-state index in [1.165, 1.54) is 7.11 Å². The lowest BCUT2D eigenvalue weighted by Gasteiger charge is -2.11. The zero-order valence-electron chi connectivity index (χ0n) is 11.7. The summed E-state index contributed by atoms with van der Waals surface area (Å²) in [7, 11) is 1.30. The summed E-state index contributed by atoms with van der Waals surface area (Å²) in [5.74, 6) is -0.950. The summed E-state index contributed by atoms with van der Waals surface area (Å²) in [6.45, 7) is 3.47. The minimum atomic E-state index is -0.526. The molecule has 2 aromatic carbocycles. The average molecular weight is 272 g/mol. The molecule has 0 aliphatic rings. The third kappa shape index (κ3) is 2.79. The highest BCUT2D eigenvalue weighted by Gasteiger charge is 2.18. The monoisotopic (exact) mass is 272 g/mol. The number of carbonyl (C=O) groups excluding carboxylic acids is 2. The molecule has 104 valence electrons. The number of ether oxygens (including phenoxy) is 2. The smallest absolute Gasteiger partial charge is 0.341 e. The molecule has 0 aromatic heterocycles. The van der Waals surface area contributed by atoms with Crippen molar-refractivity contribution in [2.24, 2.45) is 5.92 Å². The van der Waals surface area contributed by atoms with E-state index in [9.17, 15) is 9.59 Å². The molecule has 0 saturated heterocycles. The van der Waals surface area contributed by atoms with Crippen LogP contribution < -0.4 is 4.74 Å². The van der Waals surface area contributed by atoms with Crippen LogP contribution in [0.4, 0.5) is 0 Å². The largest absolute Gasteiger partial charge is 0.465 e. The number of esters is 2. The Morgan fingerprint density at radius 2 is 1.65 bits per heavy atom. The van der Waals surface area contributed by atoms with Crippen LogP contribution in [0.3, 0.4) is 0 Å². The fourth-order valence-electron chi connectivity index (χ4n) is 1.80. The van der Waals surface area contributed by atoms with E-state index >= 15 is 0 Å². The molecule has 2 aromatic rings. The third-order valence-corrected chi connectivity index (χ3v) is 2.94. The van der Waals surface area contributed by atoms with Gasteiger partial charge in [-0.2, -0.15) is 0 Å². The van der Waals surface area contributed by atoms with Crippen LogP contribution in [0, 0.1) is 5.92 Å². The van der Waals surface area contributed by atoms with Crippen molar-refractivity contribution in [3.63, 3.8) is 0 Å². The van der Waals surface area contributed by atoms with Gasteiger partial charge in [-0.3, -0.25) is 4.79 Å². The first-order valence-electron chi connectivity index (χ1n) is 6.35. The Bertz CT molecular complexity index is 659. The van der Waals surface area contributed by atoms with Crippen LogP contribution in [-0.2, 0) is 9.53 Å². The zero-order valence-corrected chi connectivity index (χ0v) is 11.7. The molecule has 0 bridgehead atoms. The van der Waals surface area contributed by atoms with Crippen LogP contribution in [0.15, 0.2) is 36.4 Å². The normalized spacial score (nSPS) is 10.6. The summed E-state index contributed by atoms with van der Waals surface area (Å²) in [6, 6.07) is 10.9. The molecule has 4 nitrogen and oxygen atoms in total. The Balaban J connectivity index is 2.54. The average Bonchev–Trinajstić information content (AvgIpc) is 2.45. The Morgan fingerprint density at radius 1 is 1.05 bits per heavy atom. The van der Waals surface area contributed by atoms with Gasteiger partial charge in [0.25, 0.3) is 0 Å². The van der Waals surface area contributed by atoms with Crippen molar-refractivity contribution < 1.29 is 19.1 Å². The molecule has 0 radical (unpaired) electrons. The van der Waals surface area contributed by atoms with Gasteiger partial charge in [-0.05, 0) is 22.9 Å². The van der Waals surface area contributed by atoms with Crippen molar-refractivity contribution in [1.29, 1.82) is 0 Å². The van der Waals surface area contributed by atoms with Crippen LogP contribution in [0.5, 0.6) is 5.75 Å². The maximum Gasteiger partial charge on any atom is 0.341 e. The minimum absolute atomic E-state index is 0.231. The summed E-state index contributed by atoms with van der Waals surface area (Å²) < 4.78 is 10.0. The summed E-state index contributed by atoms with van der Waals surface area (Å²) in [6.07, 6.45) is 0. The molecule has 0 N–H and O–H groups in total. The molecule has 0 heterocycles. The first-order chi connectivity index (χ1) is 9.52. The molecule has 0 atom stereocenters. The van der Waals surface area contributed by atoms with Gasteiger partial charge in [0.05, 0.1) is 13.0 Å². The van der Waals surface area contributed by atoms with Gasteiger partial charge in [0.1, 0.15) is 11.3 Å². The van der Waals surface area contributed by atoms with Crippen molar-refractivity contribution in [3.8, 4) is 5.75 Å². The summed E-state index contributed by atoms with van der Waals surface area (Å²) in [5, 5.41) is 1.78. The lowest BCUT2D eigenvalue weighted by molar-refractivity contribution is -0.137. The van der Waals surface area contributed by atoms with E-state index in [-0.39, 0.29) is 23.2 Å². The molecular weight excluding hydrogens is 256 g/mol. The van der Waals surface area contributed by atoms with Crippen molar-refractivity contribution in [3.05, 3.63) is 42.0 Å². The van der Waals surface area contributed by atoms with E-state index in [0.717, 1.165) is 10.8 Å². The third-order valence-electron chi connectivity index (χ3n) is 2.94. The van der Waals surface area contributed by atoms with E-state index in [1.54, 1.807) is 26.0 Å². The number of methoxy groups -OCH3 is 1. The van der Waals surface area contributed by atoms with Gasteiger partial charge < -0.3 is 9.47 Å². The minimum Gasteiger partial charge on any atom is -0.465 e. The van der Waals surface area contributed by atoms with Crippen molar-refractivity contribution >= 4 is 22.7 Å². The predicted molar refractivity (Wildman–Crippen MR) is 75.8 cm³/mol. The lowest BCUT2D eigenvalue weighted by atomic mass is 10.1. The number of benzene rings is 2. The van der Waals surface area contributed by atoms with Crippen LogP contribution >= 0.6 is 0 Å². The van der Waals surface area contributed by atoms with Crippen molar-refractivity contribution in [2.45, 2.75) is 13.8 Å². The van der Waals surface area contributed by atoms with Gasteiger partial charge in [-0.15, -0.1) is 0 Å². The number of carbonyl (C=O) groups is 2. The summed E-state index contributed by atoms with van der Waals surface area (Å²) in [5.41, 5.74) is 0.250. The van der Waals surface area contributed by atoms with Gasteiger partial charge in [0.15, 0.2) is 0 Å². The van der Waals surface area contributed by atoms with E-state index in [2.05, 4.69) is 0 Å². The van der Waals surface area contributed by atoms with Gasteiger partial charge in [-0.25, -0.2) is 4.79 Å². The first kappa shape index (κ1) is 14.1. The Morgan fingerprint density at radius 3 is 2.20 bits per heavy atom. The number of rotatable bonds is 3. The predicted octanol–water partition coefficient (Wildman–Crippen LogP) is 3.19. The second-order valence-corrected chi connectivity index (χ2v) is 4.76. The topological polar surface area (TPSA) is 52.6 Å². The molecule has 0 saturated carbocycles. The second kappa shape index (κ2) is 5.74. The maximum atomic E-state index is 11.8. The number of hydrogen-bond acceptors (Lipinski definition) is 4. The van der Waals surface area contributed by atoms with Crippen LogP contribution in [-0.4, -0.2) is 19.0 Å². The van der Waals surface area contributed by atoms with Gasteiger partial charge in [-0.1, -0.05) is 38.1 Å². The number of fused-ring (bicyclic) bond motifs is 1. The highest BCUT2D eigenvalue weighted by molar-refractivity contribution is 5.99. The fourth-order valence-corrected chi connectivity index (χ4v) is 1.80. The van der Waals surface area contributed by atoms with Crippen molar-refractivity contribution in [1.82, 2.24) is 0 Å². The fraction of sp³-hybridized carbons (Fsp3) is 0.250. The molecule has 2 rings (SSSR count). The van der Waals surface area contributed by atoms with Gasteiger partial charge in [0.2, 0.25) is 0 Å². The lowest BCUT2D eigenvalue weighted by Crippen LogP contribution is -2.17. The maximum absolute atomic E-state index is 11.8. The molecule has 0 spiro atoms. The van der Waals surface area contributed by atoms with E-state index in [0.29, 0.717) is 0 Å². The SMILES string of the molecule is COC(=O)c1cc2ccccc2cc1OC(=O)C(C)C. The van der Waals surface area contributed by atoms with E-state index in [4.69, 9.17) is 9.47 Å². The Hall–Kier alpha value is -2.36. The molecule has 0 unspecified atom stereocenters. The van der Waals surface area contributed by atoms with Crippen LogP contribution in [0.25, 0.3) is 10.8 Å². The van der Waals surface area contributed by atoms with Gasteiger partial charge >= 0.3 is 11.9 Å². The molecule has 4 heteroatoms. The molecular formula is C16H16O4. The summed E-state index contributed by atoms with van der Waals surface area (Å²) >= 11 is 0. The van der Waals surface area contributed by atoms with Crippen LogP contribution in [0.1, 0.15) is 24.2 Å². The van der Waals surface area contributed by atoms with Gasteiger partial charge in [0, 0.05) is 0 Å². The molecule has 0 aliphatic heterocycles. The standard InChI is InChI=1S/C16H16O4/c1-10(2)15(17)20-14-9-12-7-5-4-6-11(12)8-13(14)16(18)19-3/h4-10H,1-3H3. The van der Waals surface area contributed by atoms with Crippen LogP contribution in [0.2, 0.25) is 0 Å². The highest BCUT2D eigenvalue weighted by atomic mass is 16.5. The highest BCUT2D eigenvalue weighted by Crippen LogP contribution is 2.27. The Kier molecular flexibility index (Phi) is 4.03. The molecule has 0 amide bonds. The zero-order chi connectivity index (χ0) is 14.7. The molecule has 0 aliphatic carbocycles. The summed E-state index contributed by atoms with van der Waals surface area (Å²) in [4.78, 5) is 23.6. The quantitative estimate of drug-likeness (QED) is 0.636. The number of hydrogen-bond donors (Lipinski definition) is 0. The van der Waals surface area contributed by atoms with E-state index < -0.39 is 5.97 Å². The second-order valence-electron chi connectivity index (χ2n) is 4.76. The molecule has 20 heavy (non-hydrogen) atoms. The van der Waals surface area contributed by atoms with Crippen molar-refractivity contribution in [2.75, 3.05) is 7.11 Å².